The maximum absolute atomic E-state index is 12.4. The summed E-state index contributed by atoms with van der Waals surface area (Å²) in [5, 5.41) is 3.11. The number of carbonyl (C=O) groups excluding carboxylic acids is 1. The van der Waals surface area contributed by atoms with E-state index in [0.717, 1.165) is 24.5 Å². The van der Waals surface area contributed by atoms with Gasteiger partial charge >= 0.3 is 0 Å². The predicted molar refractivity (Wildman–Crippen MR) is 90.9 cm³/mol. The average Bonchev–Trinajstić information content (AvgIpc) is 2.45. The summed E-state index contributed by atoms with van der Waals surface area (Å²) < 4.78 is 0. The van der Waals surface area contributed by atoms with Gasteiger partial charge < -0.3 is 5.32 Å². The van der Waals surface area contributed by atoms with Crippen LogP contribution >= 0.6 is 0 Å². The second-order valence-electron chi connectivity index (χ2n) is 6.72. The standard InChI is InChI=1S/C19H33NO/c1-5-7-9-16-10-12-17(13-11-16)19(21)20-18(8-6-2)14-15(3)4/h6,8,14-17H,5,7,9-13H2,1-4H3,(H,20,21)/b8-6-,18-14+. The van der Waals surface area contributed by atoms with Crippen LogP contribution in [0.4, 0.5) is 0 Å². The lowest BCUT2D eigenvalue weighted by Crippen LogP contribution is -2.32. The Labute approximate surface area is 131 Å². The van der Waals surface area contributed by atoms with Crippen molar-refractivity contribution in [1.29, 1.82) is 0 Å². The van der Waals surface area contributed by atoms with E-state index in [-0.39, 0.29) is 11.8 Å². The fraction of sp³-hybridized carbons (Fsp3) is 0.737. The fourth-order valence-electron chi connectivity index (χ4n) is 3.13. The van der Waals surface area contributed by atoms with Crippen molar-refractivity contribution >= 4 is 5.91 Å². The van der Waals surface area contributed by atoms with Gasteiger partial charge in [-0.1, -0.05) is 52.2 Å². The first kappa shape index (κ1) is 18.0. The van der Waals surface area contributed by atoms with Gasteiger partial charge in [-0.2, -0.15) is 0 Å². The summed E-state index contributed by atoms with van der Waals surface area (Å²) in [5.41, 5.74) is 0.950. The molecule has 0 aromatic carbocycles. The summed E-state index contributed by atoms with van der Waals surface area (Å²) in [5.74, 6) is 1.73. The summed E-state index contributed by atoms with van der Waals surface area (Å²) >= 11 is 0. The second kappa shape index (κ2) is 9.81. The van der Waals surface area contributed by atoms with Crippen LogP contribution in [0.5, 0.6) is 0 Å². The zero-order chi connectivity index (χ0) is 15.7. The van der Waals surface area contributed by atoms with E-state index in [2.05, 4.69) is 32.2 Å². The van der Waals surface area contributed by atoms with Crippen LogP contribution in [0, 0.1) is 17.8 Å². The number of amides is 1. The Morgan fingerprint density at radius 2 is 1.90 bits per heavy atom. The Morgan fingerprint density at radius 3 is 2.43 bits per heavy atom. The van der Waals surface area contributed by atoms with E-state index in [1.807, 2.05) is 19.1 Å². The molecule has 1 N–H and O–H groups in total. The summed E-state index contributed by atoms with van der Waals surface area (Å²) in [6, 6.07) is 0. The molecule has 0 bridgehead atoms. The van der Waals surface area contributed by atoms with Crippen molar-refractivity contribution in [3.63, 3.8) is 0 Å². The molecule has 0 saturated heterocycles. The molecule has 0 spiro atoms. The van der Waals surface area contributed by atoms with E-state index in [9.17, 15) is 4.79 Å². The maximum Gasteiger partial charge on any atom is 0.227 e. The third-order valence-electron chi connectivity index (χ3n) is 4.31. The van der Waals surface area contributed by atoms with Crippen molar-refractivity contribution in [2.24, 2.45) is 17.8 Å². The first-order chi connectivity index (χ1) is 10.1. The van der Waals surface area contributed by atoms with Gasteiger partial charge in [-0.3, -0.25) is 4.79 Å². The normalized spacial score (nSPS) is 23.8. The number of hydrogen-bond donors (Lipinski definition) is 1. The van der Waals surface area contributed by atoms with Gasteiger partial charge in [-0.05, 0) is 50.5 Å². The molecule has 120 valence electrons. The molecule has 1 fully saturated rings. The number of hydrogen-bond acceptors (Lipinski definition) is 1. The number of carbonyl (C=O) groups is 1. The van der Waals surface area contributed by atoms with Crippen molar-refractivity contribution in [2.45, 2.75) is 72.6 Å². The van der Waals surface area contributed by atoms with E-state index >= 15 is 0 Å². The van der Waals surface area contributed by atoms with Gasteiger partial charge in [0.05, 0.1) is 0 Å². The van der Waals surface area contributed by atoms with Crippen LogP contribution in [0.2, 0.25) is 0 Å². The third-order valence-corrected chi connectivity index (χ3v) is 4.31. The lowest BCUT2D eigenvalue weighted by molar-refractivity contribution is -0.125. The quantitative estimate of drug-likeness (QED) is 0.640. The van der Waals surface area contributed by atoms with Crippen LogP contribution in [0.3, 0.4) is 0 Å². The van der Waals surface area contributed by atoms with Crippen molar-refractivity contribution in [1.82, 2.24) is 5.32 Å². The number of unbranched alkanes of at least 4 members (excludes halogenated alkanes) is 1. The molecule has 1 rings (SSSR count). The van der Waals surface area contributed by atoms with Crippen LogP contribution in [-0.4, -0.2) is 5.91 Å². The van der Waals surface area contributed by atoms with Gasteiger partial charge in [0.1, 0.15) is 0 Å². The lowest BCUT2D eigenvalue weighted by atomic mass is 9.79. The summed E-state index contributed by atoms with van der Waals surface area (Å²) in [6.07, 6.45) is 14.6. The molecular formula is C19H33NO. The average molecular weight is 291 g/mol. The first-order valence-corrected chi connectivity index (χ1v) is 8.72. The van der Waals surface area contributed by atoms with Crippen molar-refractivity contribution in [3.05, 3.63) is 23.9 Å². The Kier molecular flexibility index (Phi) is 8.41. The van der Waals surface area contributed by atoms with Gasteiger partial charge in [0.15, 0.2) is 0 Å². The van der Waals surface area contributed by atoms with Crippen LogP contribution in [0.1, 0.15) is 72.6 Å². The molecule has 1 saturated carbocycles. The highest BCUT2D eigenvalue weighted by Gasteiger charge is 2.26. The molecule has 0 radical (unpaired) electrons. The molecule has 0 atom stereocenters. The zero-order valence-electron chi connectivity index (χ0n) is 14.3. The molecule has 0 heterocycles. The van der Waals surface area contributed by atoms with Crippen LogP contribution in [0.25, 0.3) is 0 Å². The minimum atomic E-state index is 0.212. The van der Waals surface area contributed by atoms with E-state index < -0.39 is 0 Å². The highest BCUT2D eigenvalue weighted by Crippen LogP contribution is 2.32. The number of nitrogens with one attached hydrogen (secondary N) is 1. The van der Waals surface area contributed by atoms with Gasteiger partial charge in [0.2, 0.25) is 5.91 Å². The predicted octanol–water partition coefficient (Wildman–Crippen LogP) is 5.22. The summed E-state index contributed by atoms with van der Waals surface area (Å²) in [4.78, 5) is 12.4. The fourth-order valence-corrected chi connectivity index (χ4v) is 3.13. The Balaban J connectivity index is 2.46. The molecule has 21 heavy (non-hydrogen) atoms. The molecule has 0 aromatic heterocycles. The Bertz CT molecular complexity index is 360. The SMILES string of the molecule is C/C=C\C(=C/C(C)C)NC(=O)C1CCC(CCCC)CC1. The summed E-state index contributed by atoms with van der Waals surface area (Å²) in [7, 11) is 0. The topological polar surface area (TPSA) is 29.1 Å². The Hall–Kier alpha value is -1.05. The number of allylic oxidation sites excluding steroid dienone is 3. The highest BCUT2D eigenvalue weighted by molar-refractivity contribution is 5.80. The number of rotatable bonds is 7. The smallest absolute Gasteiger partial charge is 0.227 e. The van der Waals surface area contributed by atoms with E-state index in [0.29, 0.717) is 5.92 Å². The summed E-state index contributed by atoms with van der Waals surface area (Å²) in [6.45, 7) is 8.51. The van der Waals surface area contributed by atoms with Crippen molar-refractivity contribution in [2.75, 3.05) is 0 Å². The molecule has 1 aliphatic carbocycles. The lowest BCUT2D eigenvalue weighted by Gasteiger charge is -2.28. The molecule has 1 aliphatic rings. The molecular weight excluding hydrogens is 258 g/mol. The molecule has 0 aromatic rings. The van der Waals surface area contributed by atoms with Crippen LogP contribution < -0.4 is 5.32 Å². The minimum Gasteiger partial charge on any atom is -0.326 e. The maximum atomic E-state index is 12.4. The molecule has 2 nitrogen and oxygen atoms in total. The van der Waals surface area contributed by atoms with Gasteiger partial charge in [0, 0.05) is 11.6 Å². The van der Waals surface area contributed by atoms with Gasteiger partial charge in [0.25, 0.3) is 0 Å². The van der Waals surface area contributed by atoms with Gasteiger partial charge in [-0.15, -0.1) is 0 Å². The molecule has 1 amide bonds. The first-order valence-electron chi connectivity index (χ1n) is 8.72. The molecule has 2 heteroatoms. The van der Waals surface area contributed by atoms with Crippen molar-refractivity contribution in [3.8, 4) is 0 Å². The highest BCUT2D eigenvalue weighted by atomic mass is 16.1. The second-order valence-corrected chi connectivity index (χ2v) is 6.72. The van der Waals surface area contributed by atoms with Crippen molar-refractivity contribution < 1.29 is 4.79 Å². The van der Waals surface area contributed by atoms with Crippen LogP contribution in [0.15, 0.2) is 23.9 Å². The third kappa shape index (κ3) is 6.97. The van der Waals surface area contributed by atoms with E-state index in [1.165, 1.54) is 32.1 Å². The van der Waals surface area contributed by atoms with E-state index in [4.69, 9.17) is 0 Å². The minimum absolute atomic E-state index is 0.212. The van der Waals surface area contributed by atoms with E-state index in [1.54, 1.807) is 0 Å². The zero-order valence-corrected chi connectivity index (χ0v) is 14.3. The van der Waals surface area contributed by atoms with Crippen LogP contribution in [-0.2, 0) is 4.79 Å². The Morgan fingerprint density at radius 1 is 1.24 bits per heavy atom. The molecule has 0 unspecified atom stereocenters. The van der Waals surface area contributed by atoms with Gasteiger partial charge in [-0.25, -0.2) is 0 Å². The largest absolute Gasteiger partial charge is 0.326 e. The monoisotopic (exact) mass is 291 g/mol. The molecule has 0 aliphatic heterocycles.